The number of carbonyl (C=O) groups excluding carboxylic acids is 6. The highest BCUT2D eigenvalue weighted by molar-refractivity contribution is 5.96. The van der Waals surface area contributed by atoms with Gasteiger partial charge in [-0.2, -0.15) is 0 Å². The zero-order chi connectivity index (χ0) is 44.9. The molecule has 3 aromatic rings. The third-order valence-corrected chi connectivity index (χ3v) is 13.5. The van der Waals surface area contributed by atoms with Crippen molar-refractivity contribution in [3.05, 3.63) is 119 Å². The zero-order valence-corrected chi connectivity index (χ0v) is 35.2. The van der Waals surface area contributed by atoms with Crippen molar-refractivity contribution < 1.29 is 67.8 Å². The van der Waals surface area contributed by atoms with E-state index in [0.717, 1.165) is 13.8 Å². The number of nitrogens with one attached hydrogen (secondary N) is 1. The summed E-state index contributed by atoms with van der Waals surface area (Å²) < 4.78 is 30.3. The Kier molecular flexibility index (Phi) is 11.8. The van der Waals surface area contributed by atoms with E-state index >= 15 is 4.79 Å². The molecule has 2 bridgehead atoms. The summed E-state index contributed by atoms with van der Waals surface area (Å²) in [6, 6.07) is 22.9. The van der Waals surface area contributed by atoms with Gasteiger partial charge in [-0.1, -0.05) is 80.6 Å². The van der Waals surface area contributed by atoms with E-state index in [1.807, 2.05) is 0 Å². The smallest absolute Gasteiger partial charge is 0.338 e. The summed E-state index contributed by atoms with van der Waals surface area (Å²) in [6.07, 6.45) is -10.5. The summed E-state index contributed by atoms with van der Waals surface area (Å²) in [5, 5.41) is 40.2. The third-order valence-electron chi connectivity index (χ3n) is 13.5. The van der Waals surface area contributed by atoms with E-state index in [1.165, 1.54) is 26.0 Å². The van der Waals surface area contributed by atoms with Gasteiger partial charge in [-0.25, -0.2) is 9.59 Å². The van der Waals surface area contributed by atoms with Gasteiger partial charge in [0.15, 0.2) is 23.6 Å². The summed E-state index contributed by atoms with van der Waals surface area (Å²) in [5.74, 6) is -6.84. The first-order valence-corrected chi connectivity index (χ1v) is 20.5. The summed E-state index contributed by atoms with van der Waals surface area (Å²) in [7, 11) is 0. The highest BCUT2D eigenvalue weighted by Gasteiger charge is 2.78. The van der Waals surface area contributed by atoms with Crippen LogP contribution in [0.5, 0.6) is 0 Å². The van der Waals surface area contributed by atoms with Crippen molar-refractivity contribution in [2.75, 3.05) is 6.61 Å². The van der Waals surface area contributed by atoms with Crippen LogP contribution in [-0.4, -0.2) is 105 Å². The molecule has 15 heteroatoms. The van der Waals surface area contributed by atoms with Crippen molar-refractivity contribution in [3.63, 3.8) is 0 Å². The van der Waals surface area contributed by atoms with Gasteiger partial charge in [0, 0.05) is 37.7 Å². The van der Waals surface area contributed by atoms with Gasteiger partial charge in [0.25, 0.3) is 5.91 Å². The number of amides is 1. The number of Topliss-reactive ketones (excluding diaryl/α,β-unsaturated/α-hetero) is 1. The molecule has 0 spiro atoms. The van der Waals surface area contributed by atoms with Gasteiger partial charge < -0.3 is 44.3 Å². The molecule has 1 saturated heterocycles. The minimum Gasteiger partial charge on any atom is -0.456 e. The Morgan fingerprint density at radius 2 is 1.40 bits per heavy atom. The fraction of sp³-hybridized carbons (Fsp3) is 0.447. The van der Waals surface area contributed by atoms with Gasteiger partial charge in [-0.05, 0) is 54.8 Å². The maximum atomic E-state index is 15.5. The average Bonchev–Trinajstić information content (AvgIpc) is 3.24. The molecule has 4 unspecified atom stereocenters. The highest BCUT2D eigenvalue weighted by Crippen LogP contribution is 2.64. The molecule has 11 atom stereocenters. The fourth-order valence-corrected chi connectivity index (χ4v) is 10.2. The maximum absolute atomic E-state index is 15.5. The molecule has 4 N–H and O–H groups in total. The van der Waals surface area contributed by atoms with Crippen LogP contribution in [0, 0.1) is 16.7 Å². The Morgan fingerprint density at radius 3 is 1.95 bits per heavy atom. The number of esters is 4. The van der Waals surface area contributed by atoms with Crippen LogP contribution in [0.25, 0.3) is 0 Å². The molecule has 1 amide bonds. The Bertz CT molecular complexity index is 2280. The molecule has 3 aliphatic carbocycles. The number of aliphatic hydroxyl groups is 3. The lowest BCUT2D eigenvalue weighted by molar-refractivity contribution is -0.346. The maximum Gasteiger partial charge on any atom is 0.338 e. The number of fused-ring (bicyclic) bond motifs is 5. The molecule has 0 radical (unpaired) electrons. The van der Waals surface area contributed by atoms with Crippen LogP contribution in [0.3, 0.4) is 0 Å². The Hall–Kier alpha value is -5.74. The molecule has 7 rings (SSSR count). The van der Waals surface area contributed by atoms with Crippen molar-refractivity contribution in [1.82, 2.24) is 5.32 Å². The van der Waals surface area contributed by atoms with E-state index in [-0.39, 0.29) is 35.3 Å². The predicted molar refractivity (Wildman–Crippen MR) is 218 cm³/mol. The number of ketones is 1. The van der Waals surface area contributed by atoms with Gasteiger partial charge in [-0.15, -0.1) is 0 Å². The van der Waals surface area contributed by atoms with Gasteiger partial charge in [-0.3, -0.25) is 19.2 Å². The number of ether oxygens (including phenoxy) is 5. The van der Waals surface area contributed by atoms with Crippen molar-refractivity contribution >= 4 is 35.6 Å². The Labute approximate surface area is 358 Å². The van der Waals surface area contributed by atoms with Gasteiger partial charge in [0.2, 0.25) is 0 Å². The zero-order valence-electron chi connectivity index (χ0n) is 35.2. The first-order chi connectivity index (χ1) is 29.3. The topological polar surface area (TPSA) is 221 Å². The second-order valence-electron chi connectivity index (χ2n) is 17.4. The molecule has 15 nitrogen and oxygen atoms in total. The first kappa shape index (κ1) is 44.3. The molecule has 0 aromatic heterocycles. The van der Waals surface area contributed by atoms with Crippen LogP contribution in [0.2, 0.25) is 0 Å². The molecule has 3 aromatic carbocycles. The van der Waals surface area contributed by atoms with Crippen LogP contribution in [0.15, 0.2) is 102 Å². The molecule has 2 saturated carbocycles. The molecule has 3 fully saturated rings. The minimum absolute atomic E-state index is 0.00289. The second kappa shape index (κ2) is 16.5. The van der Waals surface area contributed by atoms with Crippen LogP contribution < -0.4 is 5.32 Å². The van der Waals surface area contributed by atoms with E-state index in [4.69, 9.17) is 23.7 Å². The molecule has 4 aliphatic rings. The van der Waals surface area contributed by atoms with Crippen molar-refractivity contribution in [2.24, 2.45) is 16.7 Å². The normalized spacial score (nSPS) is 31.9. The van der Waals surface area contributed by atoms with Crippen LogP contribution >= 0.6 is 0 Å². The average molecular weight is 854 g/mol. The van der Waals surface area contributed by atoms with E-state index in [9.17, 15) is 39.3 Å². The van der Waals surface area contributed by atoms with E-state index in [2.05, 4.69) is 5.32 Å². The molecule has 62 heavy (non-hydrogen) atoms. The lowest BCUT2D eigenvalue weighted by atomic mass is 9.44. The van der Waals surface area contributed by atoms with E-state index in [0.29, 0.717) is 5.56 Å². The molecule has 1 heterocycles. The van der Waals surface area contributed by atoms with Gasteiger partial charge >= 0.3 is 23.9 Å². The van der Waals surface area contributed by atoms with Crippen molar-refractivity contribution in [3.8, 4) is 0 Å². The van der Waals surface area contributed by atoms with Crippen molar-refractivity contribution in [2.45, 2.75) is 108 Å². The summed E-state index contributed by atoms with van der Waals surface area (Å²) in [5.41, 5.74) is -7.02. The van der Waals surface area contributed by atoms with Crippen LogP contribution in [-0.2, 0) is 42.9 Å². The fourth-order valence-electron chi connectivity index (χ4n) is 10.2. The largest absolute Gasteiger partial charge is 0.456 e. The molecular formula is C47H51NO14. The van der Waals surface area contributed by atoms with Crippen molar-refractivity contribution in [1.29, 1.82) is 0 Å². The van der Waals surface area contributed by atoms with Gasteiger partial charge in [0.05, 0.1) is 35.6 Å². The molecule has 1 aliphatic heterocycles. The standard InChI is InChI=1S/C47H51NO14/c1-25-31(60-43(56)36(52)35(28-16-10-7-11-17-28)48-41(54)29-18-12-8-13-19-29)23-47(57)40(61-42(55)30-20-14-9-15-21-30)38-45(6,32(51)22-33-46(38,24-58-33)62-27(3)50)39(53)37(59-26(2)49)34(25)44(47,4)5/h7-21,31-33,35-38,40,51-52,57H,22-24H2,1-6H3,(H,48,54)/t31?,32-,33?,35-,36?,37+,38?,40-,45+,46-,47+/m0/s1. The highest BCUT2D eigenvalue weighted by atomic mass is 16.6. The van der Waals surface area contributed by atoms with Gasteiger partial charge in [0.1, 0.15) is 23.9 Å². The number of rotatable bonds is 10. The Balaban J connectivity index is 1.39. The number of carbonyl (C=O) groups is 6. The predicted octanol–water partition coefficient (Wildman–Crippen LogP) is 3.74. The first-order valence-electron chi connectivity index (χ1n) is 20.5. The summed E-state index contributed by atoms with van der Waals surface area (Å²) in [6.45, 7) is 7.97. The van der Waals surface area contributed by atoms with Crippen LogP contribution in [0.1, 0.15) is 86.7 Å². The SMILES string of the molecule is CC(=O)O[C@H]1C(=O)[C@@]2(C)C([C@H](OC(=O)c3ccccc3)[C@]3(O)CC(OC(=O)C(O)[C@@H](NC(=O)c4ccccc4)c4ccccc4)C(C)=C1C3(C)C)[C@]1(OC(C)=O)COC1C[C@@H]2O. The summed E-state index contributed by atoms with van der Waals surface area (Å²) >= 11 is 0. The Morgan fingerprint density at radius 1 is 0.823 bits per heavy atom. The van der Waals surface area contributed by atoms with E-state index < -0.39 is 113 Å². The lowest BCUT2D eigenvalue weighted by Crippen LogP contribution is -2.82. The molecular weight excluding hydrogens is 803 g/mol. The third kappa shape index (κ3) is 7.29. The van der Waals surface area contributed by atoms with E-state index in [1.54, 1.807) is 92.7 Å². The monoisotopic (exact) mass is 853 g/mol. The lowest BCUT2D eigenvalue weighted by Gasteiger charge is -2.67. The molecule has 328 valence electrons. The van der Waals surface area contributed by atoms with Crippen LogP contribution in [0.4, 0.5) is 0 Å². The quantitative estimate of drug-likeness (QED) is 0.130. The number of aliphatic hydroxyl groups excluding tert-OH is 2. The number of hydrogen-bond donors (Lipinski definition) is 4. The number of hydrogen-bond acceptors (Lipinski definition) is 14. The second-order valence-corrected chi connectivity index (χ2v) is 17.4. The summed E-state index contributed by atoms with van der Waals surface area (Å²) in [4.78, 5) is 83.5. The number of benzene rings is 3. The minimum atomic E-state index is -2.39.